The molecule has 0 fully saturated rings. The fraction of sp³-hybridized carbons (Fsp3) is 0.391. The minimum atomic E-state index is -0.142. The standard InChI is InChI=1S/C23H31ClN4O3.HI/c1-17-5-6-19(21(15-17)31-14-4-13-30-3)16-28-23(25-2)27-12-11-26-22(29)18-7-9-20(24)10-8-18;/h5-10,15H,4,11-14,16H2,1-3H3,(H,26,29)(H2,25,27,28);1H. The van der Waals surface area contributed by atoms with Crippen molar-refractivity contribution in [2.45, 2.75) is 19.9 Å². The third-order valence-corrected chi connectivity index (χ3v) is 4.70. The molecule has 0 spiro atoms. The van der Waals surface area contributed by atoms with Gasteiger partial charge < -0.3 is 25.4 Å². The molecule has 0 aliphatic carbocycles. The molecule has 0 aliphatic heterocycles. The van der Waals surface area contributed by atoms with E-state index in [9.17, 15) is 4.79 Å². The van der Waals surface area contributed by atoms with Crippen molar-refractivity contribution in [1.82, 2.24) is 16.0 Å². The molecule has 0 heterocycles. The molecule has 0 aliphatic rings. The molecule has 3 N–H and O–H groups in total. The van der Waals surface area contributed by atoms with E-state index in [4.69, 9.17) is 21.1 Å². The van der Waals surface area contributed by atoms with E-state index >= 15 is 0 Å². The monoisotopic (exact) mass is 574 g/mol. The van der Waals surface area contributed by atoms with Gasteiger partial charge in [0.1, 0.15) is 5.75 Å². The Kier molecular flexibility index (Phi) is 13.7. The van der Waals surface area contributed by atoms with Crippen LogP contribution < -0.4 is 20.7 Å². The molecule has 0 bridgehead atoms. The van der Waals surface area contributed by atoms with Crippen molar-refractivity contribution in [3.8, 4) is 5.75 Å². The number of hydrogen-bond acceptors (Lipinski definition) is 4. The van der Waals surface area contributed by atoms with Crippen molar-refractivity contribution in [3.05, 3.63) is 64.2 Å². The number of aliphatic imine (C=N–C) groups is 1. The molecule has 2 rings (SSSR count). The summed E-state index contributed by atoms with van der Waals surface area (Å²) in [6, 6.07) is 12.9. The van der Waals surface area contributed by atoms with E-state index in [-0.39, 0.29) is 29.9 Å². The van der Waals surface area contributed by atoms with Gasteiger partial charge in [-0.05, 0) is 42.8 Å². The Morgan fingerprint density at radius 3 is 2.44 bits per heavy atom. The van der Waals surface area contributed by atoms with Crippen LogP contribution in [0.4, 0.5) is 0 Å². The van der Waals surface area contributed by atoms with Gasteiger partial charge in [-0.3, -0.25) is 9.79 Å². The lowest BCUT2D eigenvalue weighted by Crippen LogP contribution is -2.41. The number of carbonyl (C=O) groups is 1. The third kappa shape index (κ3) is 10.1. The molecule has 0 saturated carbocycles. The third-order valence-electron chi connectivity index (χ3n) is 4.45. The fourth-order valence-electron chi connectivity index (χ4n) is 2.79. The summed E-state index contributed by atoms with van der Waals surface area (Å²) >= 11 is 5.85. The van der Waals surface area contributed by atoms with E-state index in [1.807, 2.05) is 19.1 Å². The minimum Gasteiger partial charge on any atom is -0.493 e. The van der Waals surface area contributed by atoms with Crippen LogP contribution in [0.1, 0.15) is 27.9 Å². The van der Waals surface area contributed by atoms with Crippen molar-refractivity contribution >= 4 is 47.4 Å². The number of guanidine groups is 1. The lowest BCUT2D eigenvalue weighted by molar-refractivity contribution is 0.0954. The molecule has 0 aromatic heterocycles. The maximum Gasteiger partial charge on any atom is 0.251 e. The van der Waals surface area contributed by atoms with Gasteiger partial charge in [-0.2, -0.15) is 0 Å². The number of halogens is 2. The van der Waals surface area contributed by atoms with Crippen molar-refractivity contribution in [2.75, 3.05) is 40.5 Å². The van der Waals surface area contributed by atoms with Crippen LogP contribution in [0.15, 0.2) is 47.5 Å². The van der Waals surface area contributed by atoms with Crippen LogP contribution in [0.3, 0.4) is 0 Å². The summed E-state index contributed by atoms with van der Waals surface area (Å²) in [5, 5.41) is 9.94. The van der Waals surface area contributed by atoms with Gasteiger partial charge in [0.25, 0.3) is 5.91 Å². The molecule has 1 amide bonds. The van der Waals surface area contributed by atoms with Crippen molar-refractivity contribution < 1.29 is 14.3 Å². The van der Waals surface area contributed by atoms with Crippen LogP contribution in [0.5, 0.6) is 5.75 Å². The predicted molar refractivity (Wildman–Crippen MR) is 141 cm³/mol. The number of methoxy groups -OCH3 is 1. The number of benzene rings is 2. The summed E-state index contributed by atoms with van der Waals surface area (Å²) in [6.07, 6.45) is 0.836. The van der Waals surface area contributed by atoms with Gasteiger partial charge >= 0.3 is 0 Å². The summed E-state index contributed by atoms with van der Waals surface area (Å²) in [4.78, 5) is 16.4. The highest BCUT2D eigenvalue weighted by Crippen LogP contribution is 2.20. The first-order chi connectivity index (χ1) is 15.0. The highest BCUT2D eigenvalue weighted by Gasteiger charge is 2.07. The second kappa shape index (κ2) is 15.7. The SMILES string of the molecule is CN=C(NCCNC(=O)c1ccc(Cl)cc1)NCc1ccc(C)cc1OCCCOC.I. The summed E-state index contributed by atoms with van der Waals surface area (Å²) in [5.74, 6) is 1.36. The number of nitrogens with zero attached hydrogens (tertiary/aromatic N) is 1. The number of hydrogen-bond donors (Lipinski definition) is 3. The van der Waals surface area contributed by atoms with Gasteiger partial charge in [0.2, 0.25) is 0 Å². The number of ether oxygens (including phenoxy) is 2. The first kappa shape index (κ1) is 28.0. The molecule has 0 unspecified atom stereocenters. The molecule has 0 radical (unpaired) electrons. The van der Waals surface area contributed by atoms with Gasteiger partial charge in [-0.25, -0.2) is 0 Å². The summed E-state index contributed by atoms with van der Waals surface area (Å²) in [7, 11) is 3.39. The molecule has 32 heavy (non-hydrogen) atoms. The van der Waals surface area contributed by atoms with E-state index < -0.39 is 0 Å². The highest BCUT2D eigenvalue weighted by atomic mass is 127. The van der Waals surface area contributed by atoms with Gasteiger partial charge in [0.05, 0.1) is 6.61 Å². The maximum atomic E-state index is 12.1. The Labute approximate surface area is 212 Å². The molecule has 7 nitrogen and oxygen atoms in total. The molecule has 0 atom stereocenters. The summed E-state index contributed by atoms with van der Waals surface area (Å²) < 4.78 is 11.0. The van der Waals surface area contributed by atoms with Gasteiger partial charge in [0.15, 0.2) is 5.96 Å². The molecule has 2 aromatic rings. The fourth-order valence-corrected chi connectivity index (χ4v) is 2.91. The molecule has 2 aromatic carbocycles. The Morgan fingerprint density at radius 1 is 1.03 bits per heavy atom. The zero-order valence-corrected chi connectivity index (χ0v) is 21.8. The first-order valence-electron chi connectivity index (χ1n) is 10.2. The number of nitrogens with one attached hydrogen (secondary N) is 3. The zero-order valence-electron chi connectivity index (χ0n) is 18.7. The van der Waals surface area contributed by atoms with Crippen LogP contribution in [0.2, 0.25) is 5.02 Å². The van der Waals surface area contributed by atoms with E-state index in [0.29, 0.717) is 49.4 Å². The predicted octanol–water partition coefficient (Wildman–Crippen LogP) is 3.78. The van der Waals surface area contributed by atoms with Crippen LogP contribution in [0.25, 0.3) is 0 Å². The molecular weight excluding hydrogens is 543 g/mol. The largest absolute Gasteiger partial charge is 0.493 e. The van der Waals surface area contributed by atoms with Gasteiger partial charge in [-0.1, -0.05) is 23.7 Å². The van der Waals surface area contributed by atoms with Crippen LogP contribution in [-0.2, 0) is 11.3 Å². The maximum absolute atomic E-state index is 12.1. The lowest BCUT2D eigenvalue weighted by Gasteiger charge is -2.15. The Hall–Kier alpha value is -2.04. The smallest absolute Gasteiger partial charge is 0.251 e. The van der Waals surface area contributed by atoms with Crippen LogP contribution in [-0.4, -0.2) is 52.3 Å². The van der Waals surface area contributed by atoms with Gasteiger partial charge in [-0.15, -0.1) is 24.0 Å². The number of rotatable bonds is 11. The van der Waals surface area contributed by atoms with Gasteiger partial charge in [0, 0.05) is 63.0 Å². The van der Waals surface area contributed by atoms with Crippen LogP contribution in [0, 0.1) is 6.92 Å². The average molecular weight is 575 g/mol. The number of amides is 1. The second-order valence-corrected chi connectivity index (χ2v) is 7.36. The quantitative estimate of drug-likeness (QED) is 0.165. The molecular formula is C23H32ClIN4O3. The summed E-state index contributed by atoms with van der Waals surface area (Å²) in [5.41, 5.74) is 2.76. The van der Waals surface area contributed by atoms with E-state index in [0.717, 1.165) is 23.3 Å². The first-order valence-corrected chi connectivity index (χ1v) is 10.6. The lowest BCUT2D eigenvalue weighted by atomic mass is 10.1. The molecule has 176 valence electrons. The van der Waals surface area contributed by atoms with E-state index in [1.54, 1.807) is 38.4 Å². The van der Waals surface area contributed by atoms with E-state index in [2.05, 4.69) is 27.0 Å². The van der Waals surface area contributed by atoms with Crippen molar-refractivity contribution in [2.24, 2.45) is 4.99 Å². The zero-order chi connectivity index (χ0) is 22.5. The van der Waals surface area contributed by atoms with Crippen molar-refractivity contribution in [3.63, 3.8) is 0 Å². The number of aryl methyl sites for hydroxylation is 1. The van der Waals surface area contributed by atoms with E-state index in [1.165, 1.54) is 0 Å². The van der Waals surface area contributed by atoms with Crippen molar-refractivity contribution in [1.29, 1.82) is 0 Å². The molecule has 0 saturated heterocycles. The minimum absolute atomic E-state index is 0. The Bertz CT molecular complexity index is 863. The Balaban J connectivity index is 0.00000512. The average Bonchev–Trinajstić information content (AvgIpc) is 2.77. The second-order valence-electron chi connectivity index (χ2n) is 6.92. The summed E-state index contributed by atoms with van der Waals surface area (Å²) in [6.45, 7) is 4.87. The highest BCUT2D eigenvalue weighted by molar-refractivity contribution is 14.0. The van der Waals surface area contributed by atoms with Crippen LogP contribution >= 0.6 is 35.6 Å². The molecule has 9 heteroatoms. The normalized spacial score (nSPS) is 10.8. The number of carbonyl (C=O) groups excluding carboxylic acids is 1. The Morgan fingerprint density at radius 2 is 1.75 bits per heavy atom. The topological polar surface area (TPSA) is 84.0 Å².